The van der Waals surface area contributed by atoms with Crippen molar-refractivity contribution in [2.24, 2.45) is 5.73 Å². The summed E-state index contributed by atoms with van der Waals surface area (Å²) < 4.78 is 6.06. The molecule has 2 amide bonds. The van der Waals surface area contributed by atoms with E-state index in [0.717, 1.165) is 4.90 Å². The van der Waals surface area contributed by atoms with Crippen molar-refractivity contribution < 1.29 is 34.1 Å². The highest BCUT2D eigenvalue weighted by Gasteiger charge is 2.66. The zero-order valence-electron chi connectivity index (χ0n) is 16.8. The maximum Gasteiger partial charge on any atom is 0.352 e. The maximum absolute atomic E-state index is 13.0. The number of carbonyl (C=O) groups excluding carboxylic acids is 2. The molecule has 1 unspecified atom stereocenters. The number of hydrogen-bond donors (Lipinski definition) is 4. The second-order valence-electron chi connectivity index (χ2n) is 6.91. The van der Waals surface area contributed by atoms with E-state index in [0.29, 0.717) is 21.4 Å². The Morgan fingerprint density at radius 1 is 1.47 bits per heavy atom. The monoisotopic (exact) mass is 503 g/mol. The van der Waals surface area contributed by atoms with Crippen molar-refractivity contribution >= 4 is 58.6 Å². The molecule has 0 aliphatic carbocycles. The topological polar surface area (TPSA) is 185 Å². The number of hydrogen-bond acceptors (Lipinski definition) is 11. The molecular formula is C17H21N5O7S3. The van der Waals surface area contributed by atoms with Crippen LogP contribution in [0.2, 0.25) is 0 Å². The van der Waals surface area contributed by atoms with Crippen LogP contribution < -0.4 is 11.1 Å². The van der Waals surface area contributed by atoms with E-state index in [-0.39, 0.29) is 25.0 Å². The van der Waals surface area contributed by atoms with Gasteiger partial charge in [0.2, 0.25) is 5.91 Å². The quantitative estimate of drug-likeness (QED) is 0.179. The predicted octanol–water partition coefficient (Wildman–Crippen LogP) is -0.0749. The van der Waals surface area contributed by atoms with Crippen LogP contribution in [0.25, 0.3) is 0 Å². The van der Waals surface area contributed by atoms with Crippen LogP contribution in [0.4, 0.5) is 0 Å². The Hall–Kier alpha value is -2.20. The van der Waals surface area contributed by atoms with Gasteiger partial charge in [-0.15, -0.1) is 22.0 Å². The number of carboxylic acid groups (broad SMARTS) is 2. The molecule has 2 aliphatic heterocycles. The third kappa shape index (κ3) is 4.76. The van der Waals surface area contributed by atoms with Gasteiger partial charge in [-0.05, 0) is 18.4 Å². The van der Waals surface area contributed by atoms with Crippen LogP contribution in [-0.2, 0) is 23.9 Å². The Morgan fingerprint density at radius 3 is 2.81 bits per heavy atom. The van der Waals surface area contributed by atoms with E-state index in [2.05, 4.69) is 15.5 Å². The number of ether oxygens (including phenoxy) is 1. The standard InChI is InChI=1S/C17H21N5O7S3/c1-29-17(20-10(23)4-2-3-9(18)12(24)25)14(28)22-11(13(26)27)8(5-30-15(17)22)6-31-16-21-19-7-32-16/h7,9,15H,2-6,18H2,1H3,(H,20,23)(H,24,25)(H,26,27)/t9?,15-,17-/m0/s1. The summed E-state index contributed by atoms with van der Waals surface area (Å²) in [6, 6.07) is -1.08. The third-order valence-electron chi connectivity index (χ3n) is 4.91. The van der Waals surface area contributed by atoms with E-state index in [1.54, 1.807) is 5.51 Å². The average Bonchev–Trinajstić information content (AvgIpc) is 3.28. The third-order valence-corrected chi connectivity index (χ3v) is 8.23. The Bertz CT molecular complexity index is 941. The highest BCUT2D eigenvalue weighted by Crippen LogP contribution is 2.47. The largest absolute Gasteiger partial charge is 0.480 e. The van der Waals surface area contributed by atoms with Crippen LogP contribution >= 0.6 is 34.9 Å². The number of nitrogens with zero attached hydrogens (tertiary/aromatic N) is 3. The molecule has 15 heteroatoms. The van der Waals surface area contributed by atoms with Crippen molar-refractivity contribution in [3.63, 3.8) is 0 Å². The minimum atomic E-state index is -1.69. The van der Waals surface area contributed by atoms with E-state index in [9.17, 15) is 24.3 Å². The molecule has 5 N–H and O–H groups in total. The second-order valence-corrected chi connectivity index (χ2v) is 10.0. The number of fused-ring (bicyclic) bond motifs is 1. The van der Waals surface area contributed by atoms with Crippen molar-refractivity contribution in [2.75, 3.05) is 18.6 Å². The number of rotatable bonds is 11. The molecule has 174 valence electrons. The Labute approximate surface area is 194 Å². The second kappa shape index (κ2) is 10.2. The van der Waals surface area contributed by atoms with Gasteiger partial charge < -0.3 is 26.0 Å². The number of carbonyl (C=O) groups is 4. The Morgan fingerprint density at radius 2 is 2.22 bits per heavy atom. The summed E-state index contributed by atoms with van der Waals surface area (Å²) in [4.78, 5) is 49.3. The van der Waals surface area contributed by atoms with Crippen molar-refractivity contribution in [3.05, 3.63) is 16.8 Å². The summed E-state index contributed by atoms with van der Waals surface area (Å²) in [6.45, 7) is 0. The van der Waals surface area contributed by atoms with Gasteiger partial charge >= 0.3 is 11.9 Å². The van der Waals surface area contributed by atoms with Gasteiger partial charge in [0.05, 0.1) is 0 Å². The van der Waals surface area contributed by atoms with Crippen molar-refractivity contribution in [3.8, 4) is 0 Å². The number of aliphatic carboxylic acids is 2. The Kier molecular flexibility index (Phi) is 7.76. The molecule has 3 heterocycles. The maximum atomic E-state index is 13.0. The van der Waals surface area contributed by atoms with Crippen molar-refractivity contribution in [1.29, 1.82) is 0 Å². The summed E-state index contributed by atoms with van der Waals surface area (Å²) in [7, 11) is 1.27. The summed E-state index contributed by atoms with van der Waals surface area (Å²) in [5.41, 5.74) is 5.76. The molecule has 0 saturated carbocycles. The molecule has 2 aliphatic rings. The summed E-state index contributed by atoms with van der Waals surface area (Å²) in [5, 5.41) is 28.0. The van der Waals surface area contributed by atoms with Gasteiger partial charge in [0.1, 0.15) is 22.6 Å². The fraction of sp³-hybridized carbons (Fsp3) is 0.529. The van der Waals surface area contributed by atoms with Crippen LogP contribution in [0.1, 0.15) is 19.3 Å². The van der Waals surface area contributed by atoms with Gasteiger partial charge in [0.25, 0.3) is 11.6 Å². The van der Waals surface area contributed by atoms with Gasteiger partial charge in [-0.3, -0.25) is 19.3 Å². The first-order valence-corrected chi connectivity index (χ1v) is 12.3. The van der Waals surface area contributed by atoms with Gasteiger partial charge in [-0.2, -0.15) is 0 Å². The molecule has 0 aromatic carbocycles. The lowest BCUT2D eigenvalue weighted by atomic mass is 9.98. The lowest BCUT2D eigenvalue weighted by Crippen LogP contribution is -2.80. The van der Waals surface area contributed by atoms with Gasteiger partial charge in [-0.25, -0.2) is 4.79 Å². The van der Waals surface area contributed by atoms with Crippen LogP contribution in [-0.4, -0.2) is 84.8 Å². The highest BCUT2D eigenvalue weighted by atomic mass is 32.2. The number of nitrogens with one attached hydrogen (secondary N) is 1. The lowest BCUT2D eigenvalue weighted by molar-refractivity contribution is -0.192. The first-order valence-electron chi connectivity index (χ1n) is 9.35. The number of aromatic nitrogens is 2. The molecule has 12 nitrogen and oxygen atoms in total. The number of nitrogens with two attached hydrogens (primary N) is 1. The molecule has 32 heavy (non-hydrogen) atoms. The summed E-state index contributed by atoms with van der Waals surface area (Å²) in [6.07, 6.45) is 0.257. The molecule has 0 bridgehead atoms. The Balaban J connectivity index is 1.69. The normalized spacial score (nSPS) is 23.4. The SMILES string of the molecule is CO[C@@]1(NC(=O)CCCC(N)C(=O)O)C(=O)N2C(C(=O)O)=C(CSc3nncs3)CS[C@H]21. The molecule has 0 radical (unpaired) electrons. The first kappa shape index (κ1) is 24.4. The minimum Gasteiger partial charge on any atom is -0.480 e. The summed E-state index contributed by atoms with van der Waals surface area (Å²) in [5.74, 6) is -2.93. The average molecular weight is 504 g/mol. The molecule has 1 aromatic rings. The smallest absolute Gasteiger partial charge is 0.352 e. The van der Waals surface area contributed by atoms with Crippen molar-refractivity contribution in [1.82, 2.24) is 20.4 Å². The highest BCUT2D eigenvalue weighted by molar-refractivity contribution is 8.01. The fourth-order valence-electron chi connectivity index (χ4n) is 3.30. The summed E-state index contributed by atoms with van der Waals surface area (Å²) >= 11 is 3.95. The molecule has 1 fully saturated rings. The number of thioether (sulfide) groups is 2. The molecule has 1 aromatic heterocycles. The van der Waals surface area contributed by atoms with E-state index >= 15 is 0 Å². The van der Waals surface area contributed by atoms with E-state index in [4.69, 9.17) is 15.6 Å². The van der Waals surface area contributed by atoms with E-state index in [1.807, 2.05) is 0 Å². The zero-order chi connectivity index (χ0) is 23.5. The number of β-lactam (4-membered cyclic amide) rings is 1. The lowest BCUT2D eigenvalue weighted by Gasteiger charge is -2.55. The number of amides is 2. The van der Waals surface area contributed by atoms with Crippen LogP contribution in [0.5, 0.6) is 0 Å². The molecule has 3 rings (SSSR count). The zero-order valence-corrected chi connectivity index (χ0v) is 19.3. The van der Waals surface area contributed by atoms with Gasteiger partial charge in [-0.1, -0.05) is 23.1 Å². The van der Waals surface area contributed by atoms with E-state index < -0.39 is 40.9 Å². The minimum absolute atomic E-state index is 0.0534. The van der Waals surface area contributed by atoms with Crippen LogP contribution in [0.3, 0.4) is 0 Å². The first-order chi connectivity index (χ1) is 15.2. The fourth-order valence-corrected chi connectivity index (χ4v) is 6.37. The number of methoxy groups -OCH3 is 1. The number of carboxylic acids is 2. The molecule has 1 saturated heterocycles. The predicted molar refractivity (Wildman–Crippen MR) is 116 cm³/mol. The molecule has 0 spiro atoms. The van der Waals surface area contributed by atoms with Crippen LogP contribution in [0.15, 0.2) is 21.1 Å². The molecular weight excluding hydrogens is 482 g/mol. The van der Waals surface area contributed by atoms with E-state index in [1.165, 1.54) is 42.0 Å². The van der Waals surface area contributed by atoms with Crippen molar-refractivity contribution in [2.45, 2.75) is 40.7 Å². The van der Waals surface area contributed by atoms with Gasteiger partial charge in [0, 0.05) is 25.0 Å². The van der Waals surface area contributed by atoms with Crippen LogP contribution in [0, 0.1) is 0 Å². The molecule has 3 atom stereocenters. The van der Waals surface area contributed by atoms with Gasteiger partial charge in [0.15, 0.2) is 4.34 Å².